The van der Waals surface area contributed by atoms with Crippen LogP contribution in [0.4, 0.5) is 5.69 Å². The number of halogens is 1. The second kappa shape index (κ2) is 10.5. The van der Waals surface area contributed by atoms with Crippen LogP contribution in [0.2, 0.25) is 0 Å². The van der Waals surface area contributed by atoms with Crippen LogP contribution in [0.5, 0.6) is 11.5 Å². The van der Waals surface area contributed by atoms with Gasteiger partial charge in [-0.1, -0.05) is 24.3 Å². The highest BCUT2D eigenvalue weighted by atomic mass is 127. The molecule has 1 unspecified atom stereocenters. The van der Waals surface area contributed by atoms with E-state index in [4.69, 9.17) is 14.5 Å². The van der Waals surface area contributed by atoms with E-state index >= 15 is 0 Å². The maximum atomic E-state index is 12.0. The average Bonchev–Trinajstić information content (AvgIpc) is 3.19. The molecule has 0 aromatic heterocycles. The van der Waals surface area contributed by atoms with Crippen molar-refractivity contribution in [1.82, 2.24) is 10.6 Å². The SMILES string of the molecule is CCNC(=NCC1CC(=O)Nc2ccccc21)NCCc1ccc2c(c1)OCO2.I. The first-order chi connectivity index (χ1) is 14.2. The van der Waals surface area contributed by atoms with Crippen molar-refractivity contribution in [2.45, 2.75) is 25.7 Å². The zero-order valence-electron chi connectivity index (χ0n) is 16.9. The Morgan fingerprint density at radius 3 is 2.87 bits per heavy atom. The van der Waals surface area contributed by atoms with E-state index in [2.05, 4.69) is 28.1 Å². The van der Waals surface area contributed by atoms with Gasteiger partial charge in [0.25, 0.3) is 0 Å². The Hall–Kier alpha value is -2.49. The molecule has 7 nitrogen and oxygen atoms in total. The smallest absolute Gasteiger partial charge is 0.231 e. The first-order valence-corrected chi connectivity index (χ1v) is 10.0. The maximum Gasteiger partial charge on any atom is 0.231 e. The van der Waals surface area contributed by atoms with Crippen molar-refractivity contribution in [2.24, 2.45) is 4.99 Å². The molecule has 2 aliphatic heterocycles. The molecule has 0 spiro atoms. The Kier molecular flexibility index (Phi) is 7.78. The molecule has 2 aromatic rings. The van der Waals surface area contributed by atoms with E-state index in [1.807, 2.05) is 37.3 Å². The topological polar surface area (TPSA) is 84.0 Å². The summed E-state index contributed by atoms with van der Waals surface area (Å²) < 4.78 is 10.8. The molecule has 0 radical (unpaired) electrons. The van der Waals surface area contributed by atoms with Crippen LogP contribution in [0.25, 0.3) is 0 Å². The summed E-state index contributed by atoms with van der Waals surface area (Å²) in [6, 6.07) is 14.0. The zero-order chi connectivity index (χ0) is 20.1. The second-order valence-corrected chi connectivity index (χ2v) is 7.12. The van der Waals surface area contributed by atoms with Gasteiger partial charge >= 0.3 is 0 Å². The first-order valence-electron chi connectivity index (χ1n) is 10.0. The van der Waals surface area contributed by atoms with Crippen LogP contribution < -0.4 is 25.4 Å². The molecule has 8 heteroatoms. The summed E-state index contributed by atoms with van der Waals surface area (Å²) in [4.78, 5) is 16.7. The van der Waals surface area contributed by atoms with Crippen LogP contribution in [0.15, 0.2) is 47.5 Å². The van der Waals surface area contributed by atoms with Crippen LogP contribution in [-0.4, -0.2) is 38.3 Å². The molecule has 3 N–H and O–H groups in total. The summed E-state index contributed by atoms with van der Waals surface area (Å²) in [7, 11) is 0. The fourth-order valence-corrected chi connectivity index (χ4v) is 3.63. The Morgan fingerprint density at radius 1 is 1.17 bits per heavy atom. The summed E-state index contributed by atoms with van der Waals surface area (Å²) in [5.41, 5.74) is 3.22. The molecule has 1 amide bonds. The number of nitrogens with one attached hydrogen (secondary N) is 3. The number of benzene rings is 2. The molecule has 1 atom stereocenters. The van der Waals surface area contributed by atoms with Gasteiger partial charge < -0.3 is 25.4 Å². The molecule has 4 rings (SSSR count). The number of anilines is 1. The lowest BCUT2D eigenvalue weighted by Gasteiger charge is -2.24. The van der Waals surface area contributed by atoms with E-state index < -0.39 is 0 Å². The van der Waals surface area contributed by atoms with Gasteiger partial charge in [0, 0.05) is 31.1 Å². The van der Waals surface area contributed by atoms with Crippen LogP contribution in [0, 0.1) is 0 Å². The highest BCUT2D eigenvalue weighted by Crippen LogP contribution is 2.33. The monoisotopic (exact) mass is 522 g/mol. The minimum Gasteiger partial charge on any atom is -0.454 e. The molecule has 160 valence electrons. The third kappa shape index (κ3) is 5.35. The molecule has 2 aromatic carbocycles. The zero-order valence-corrected chi connectivity index (χ0v) is 19.3. The Labute approximate surface area is 193 Å². The predicted octanol–water partition coefficient (Wildman–Crippen LogP) is 3.26. The predicted molar refractivity (Wildman–Crippen MR) is 128 cm³/mol. The van der Waals surface area contributed by atoms with Crippen LogP contribution in [-0.2, 0) is 11.2 Å². The van der Waals surface area contributed by atoms with Crippen molar-refractivity contribution < 1.29 is 14.3 Å². The van der Waals surface area contributed by atoms with Crippen molar-refractivity contribution in [3.05, 3.63) is 53.6 Å². The van der Waals surface area contributed by atoms with E-state index in [-0.39, 0.29) is 42.6 Å². The normalized spacial score (nSPS) is 16.9. The summed E-state index contributed by atoms with van der Waals surface area (Å²) in [5.74, 6) is 2.50. The lowest BCUT2D eigenvalue weighted by Crippen LogP contribution is -2.38. The number of hydrogen-bond acceptors (Lipinski definition) is 4. The van der Waals surface area contributed by atoms with Crippen molar-refractivity contribution in [3.63, 3.8) is 0 Å². The lowest BCUT2D eigenvalue weighted by molar-refractivity contribution is -0.116. The molecular formula is C22H27IN4O3. The maximum absolute atomic E-state index is 12.0. The third-order valence-corrected chi connectivity index (χ3v) is 5.06. The van der Waals surface area contributed by atoms with E-state index in [9.17, 15) is 4.79 Å². The number of carbonyl (C=O) groups is 1. The highest BCUT2D eigenvalue weighted by Gasteiger charge is 2.24. The molecular weight excluding hydrogens is 495 g/mol. The number of amides is 1. The van der Waals surface area contributed by atoms with Gasteiger partial charge in [-0.15, -0.1) is 24.0 Å². The van der Waals surface area contributed by atoms with E-state index in [1.54, 1.807) is 0 Å². The number of para-hydroxylation sites is 1. The molecule has 0 saturated carbocycles. The quantitative estimate of drug-likeness (QED) is 0.308. The Morgan fingerprint density at radius 2 is 2.00 bits per heavy atom. The minimum absolute atomic E-state index is 0. The number of fused-ring (bicyclic) bond motifs is 2. The van der Waals surface area contributed by atoms with E-state index in [1.165, 1.54) is 5.56 Å². The second-order valence-electron chi connectivity index (χ2n) is 7.12. The molecule has 0 saturated heterocycles. The molecule has 0 bridgehead atoms. The highest BCUT2D eigenvalue weighted by molar-refractivity contribution is 14.0. The number of aliphatic imine (C=N–C) groups is 1. The molecule has 30 heavy (non-hydrogen) atoms. The fraction of sp³-hybridized carbons (Fsp3) is 0.364. The van der Waals surface area contributed by atoms with Crippen molar-refractivity contribution >= 4 is 41.5 Å². The number of rotatable bonds is 6. The van der Waals surface area contributed by atoms with Gasteiger partial charge in [0.1, 0.15) is 0 Å². The number of guanidine groups is 1. The van der Waals surface area contributed by atoms with Gasteiger partial charge in [-0.3, -0.25) is 9.79 Å². The van der Waals surface area contributed by atoms with Crippen molar-refractivity contribution in [3.8, 4) is 11.5 Å². The van der Waals surface area contributed by atoms with Crippen LogP contribution in [0.1, 0.15) is 30.4 Å². The molecule has 2 aliphatic rings. The van der Waals surface area contributed by atoms with Gasteiger partial charge in [0.15, 0.2) is 17.5 Å². The van der Waals surface area contributed by atoms with Gasteiger partial charge in [-0.2, -0.15) is 0 Å². The third-order valence-electron chi connectivity index (χ3n) is 5.06. The summed E-state index contributed by atoms with van der Waals surface area (Å²) in [6.45, 7) is 4.41. The fourth-order valence-electron chi connectivity index (χ4n) is 3.63. The lowest BCUT2D eigenvalue weighted by atomic mass is 9.91. The number of carbonyl (C=O) groups excluding carboxylic acids is 1. The van der Waals surface area contributed by atoms with Gasteiger partial charge in [-0.05, 0) is 42.7 Å². The van der Waals surface area contributed by atoms with Gasteiger partial charge in [0.05, 0.1) is 6.54 Å². The van der Waals surface area contributed by atoms with Crippen molar-refractivity contribution in [2.75, 3.05) is 31.7 Å². The standard InChI is InChI=1S/C22H26N4O3.HI/c1-2-23-22(24-10-9-15-7-8-19-20(11-15)29-14-28-19)25-13-16-12-21(27)26-18-6-4-3-5-17(16)18;/h3-8,11,16H,2,9-10,12-14H2,1H3,(H,26,27)(H2,23,24,25);1H. The summed E-state index contributed by atoms with van der Waals surface area (Å²) in [5, 5.41) is 9.59. The van der Waals surface area contributed by atoms with E-state index in [0.29, 0.717) is 13.0 Å². The minimum atomic E-state index is 0. The van der Waals surface area contributed by atoms with Crippen molar-refractivity contribution in [1.29, 1.82) is 0 Å². The first kappa shape index (κ1) is 22.2. The Bertz CT molecular complexity index is 919. The van der Waals surface area contributed by atoms with Crippen LogP contribution >= 0.6 is 24.0 Å². The van der Waals surface area contributed by atoms with E-state index in [0.717, 1.165) is 48.2 Å². The largest absolute Gasteiger partial charge is 0.454 e. The molecule has 0 aliphatic carbocycles. The van der Waals surface area contributed by atoms with Gasteiger partial charge in [-0.25, -0.2) is 0 Å². The average molecular weight is 522 g/mol. The summed E-state index contributed by atoms with van der Waals surface area (Å²) in [6.07, 6.45) is 1.30. The molecule has 2 heterocycles. The Balaban J connectivity index is 0.00000256. The summed E-state index contributed by atoms with van der Waals surface area (Å²) >= 11 is 0. The van der Waals surface area contributed by atoms with Crippen LogP contribution in [0.3, 0.4) is 0 Å². The molecule has 0 fully saturated rings. The number of nitrogens with zero attached hydrogens (tertiary/aromatic N) is 1. The number of ether oxygens (including phenoxy) is 2. The van der Waals surface area contributed by atoms with Gasteiger partial charge in [0.2, 0.25) is 12.7 Å². The number of hydrogen-bond donors (Lipinski definition) is 3.